The number of aromatic nitrogens is 1. The molecule has 0 spiro atoms. The molecule has 0 atom stereocenters. The molecule has 6 nitrogen and oxygen atoms in total. The monoisotopic (exact) mass is 532 g/mol. The molecule has 0 bridgehead atoms. The zero-order valence-corrected chi connectivity index (χ0v) is 22.6. The number of rotatable bonds is 9. The van der Waals surface area contributed by atoms with Crippen LogP contribution in [0.15, 0.2) is 47.8 Å². The standard InChI is InChI=1S/C26H30Cl2N4O2S/c1-16(2)18-6-9-21(10-7-18)30-26(34)32(17(3)4)14-24-31-23(15-35-24)25(33)29-12-11-19-5-8-20(27)13-22(19)28/h5-10,13,15-17H,11-12,14H2,1-4H3,(H,29,33)(H,30,34). The van der Waals surface area contributed by atoms with Gasteiger partial charge in [0.15, 0.2) is 0 Å². The van der Waals surface area contributed by atoms with Crippen molar-refractivity contribution in [3.8, 4) is 0 Å². The van der Waals surface area contributed by atoms with E-state index in [-0.39, 0.29) is 18.0 Å². The number of hydrogen-bond donors (Lipinski definition) is 2. The fraction of sp³-hybridized carbons (Fsp3) is 0.346. The van der Waals surface area contributed by atoms with E-state index in [0.29, 0.717) is 46.2 Å². The number of carbonyl (C=O) groups excluding carboxylic acids is 2. The molecule has 0 aliphatic heterocycles. The number of urea groups is 1. The van der Waals surface area contributed by atoms with Gasteiger partial charge in [0.05, 0.1) is 6.54 Å². The molecule has 2 N–H and O–H groups in total. The normalized spacial score (nSPS) is 11.1. The smallest absolute Gasteiger partial charge is 0.322 e. The zero-order valence-electron chi connectivity index (χ0n) is 20.3. The number of hydrogen-bond acceptors (Lipinski definition) is 4. The highest BCUT2D eigenvalue weighted by Crippen LogP contribution is 2.22. The van der Waals surface area contributed by atoms with Crippen LogP contribution < -0.4 is 10.6 Å². The van der Waals surface area contributed by atoms with Crippen molar-refractivity contribution >= 4 is 52.2 Å². The van der Waals surface area contributed by atoms with Crippen molar-refractivity contribution in [2.24, 2.45) is 0 Å². The molecule has 9 heteroatoms. The van der Waals surface area contributed by atoms with Gasteiger partial charge in [0.1, 0.15) is 10.7 Å². The lowest BCUT2D eigenvalue weighted by Crippen LogP contribution is -2.39. The van der Waals surface area contributed by atoms with Gasteiger partial charge in [-0.05, 0) is 61.6 Å². The molecule has 0 unspecified atom stereocenters. The first-order valence-electron chi connectivity index (χ1n) is 11.5. The third-order valence-electron chi connectivity index (χ3n) is 5.50. The Balaban J connectivity index is 1.56. The SMILES string of the molecule is CC(C)c1ccc(NC(=O)N(Cc2nc(C(=O)NCCc3ccc(Cl)cc3Cl)cs2)C(C)C)cc1. The summed E-state index contributed by atoms with van der Waals surface area (Å²) in [6.07, 6.45) is 0.582. The highest BCUT2D eigenvalue weighted by molar-refractivity contribution is 7.09. The Morgan fingerprint density at radius 3 is 2.40 bits per heavy atom. The first-order chi connectivity index (χ1) is 16.6. The van der Waals surface area contributed by atoms with Crippen LogP contribution in [0.2, 0.25) is 10.0 Å². The van der Waals surface area contributed by atoms with Gasteiger partial charge < -0.3 is 15.5 Å². The predicted molar refractivity (Wildman–Crippen MR) is 145 cm³/mol. The lowest BCUT2D eigenvalue weighted by Gasteiger charge is -2.26. The maximum Gasteiger partial charge on any atom is 0.322 e. The van der Waals surface area contributed by atoms with Gasteiger partial charge in [0.2, 0.25) is 0 Å². The van der Waals surface area contributed by atoms with Crippen molar-refractivity contribution in [1.82, 2.24) is 15.2 Å². The van der Waals surface area contributed by atoms with Gasteiger partial charge in [0, 0.05) is 33.7 Å². The summed E-state index contributed by atoms with van der Waals surface area (Å²) in [7, 11) is 0. The molecule has 1 heterocycles. The number of nitrogens with zero attached hydrogens (tertiary/aromatic N) is 2. The highest BCUT2D eigenvalue weighted by atomic mass is 35.5. The van der Waals surface area contributed by atoms with Gasteiger partial charge in [-0.25, -0.2) is 9.78 Å². The molecule has 1 aromatic heterocycles. The number of carbonyl (C=O) groups is 2. The molecule has 0 saturated carbocycles. The molecule has 3 amide bonds. The summed E-state index contributed by atoms with van der Waals surface area (Å²) in [6.45, 7) is 8.89. The summed E-state index contributed by atoms with van der Waals surface area (Å²) in [5.41, 5.74) is 3.20. The van der Waals surface area contributed by atoms with Crippen LogP contribution in [0.3, 0.4) is 0 Å². The van der Waals surface area contributed by atoms with Crippen molar-refractivity contribution in [1.29, 1.82) is 0 Å². The minimum atomic E-state index is -0.261. The number of benzene rings is 2. The Labute approximate surface area is 220 Å². The maximum atomic E-state index is 12.9. The van der Waals surface area contributed by atoms with Crippen LogP contribution in [0.5, 0.6) is 0 Å². The second-order valence-corrected chi connectivity index (χ2v) is 10.6. The van der Waals surface area contributed by atoms with Crippen LogP contribution >= 0.6 is 34.5 Å². The van der Waals surface area contributed by atoms with E-state index < -0.39 is 0 Å². The molecule has 0 aliphatic rings. The molecule has 2 aromatic carbocycles. The van der Waals surface area contributed by atoms with E-state index in [1.807, 2.05) is 44.2 Å². The molecular formula is C26H30Cl2N4O2S. The van der Waals surface area contributed by atoms with Crippen LogP contribution in [0.1, 0.15) is 60.2 Å². The van der Waals surface area contributed by atoms with Gasteiger partial charge >= 0.3 is 6.03 Å². The molecule has 3 rings (SSSR count). The summed E-state index contributed by atoms with van der Waals surface area (Å²) in [5, 5.41) is 9.37. The van der Waals surface area contributed by atoms with Crippen molar-refractivity contribution in [2.75, 3.05) is 11.9 Å². The lowest BCUT2D eigenvalue weighted by molar-refractivity contribution is 0.0949. The molecule has 3 aromatic rings. The van der Waals surface area contributed by atoms with Crippen molar-refractivity contribution in [2.45, 2.75) is 52.6 Å². The fourth-order valence-corrected chi connectivity index (χ4v) is 4.67. The van der Waals surface area contributed by atoms with Crippen molar-refractivity contribution in [3.63, 3.8) is 0 Å². The van der Waals surface area contributed by atoms with Gasteiger partial charge in [0.25, 0.3) is 5.91 Å². The number of amides is 3. The second kappa shape index (κ2) is 12.4. The lowest BCUT2D eigenvalue weighted by atomic mass is 10.0. The highest BCUT2D eigenvalue weighted by Gasteiger charge is 2.20. The average molecular weight is 534 g/mol. The molecule has 0 aliphatic carbocycles. The quantitative estimate of drug-likeness (QED) is 0.311. The summed E-state index contributed by atoms with van der Waals surface area (Å²) in [4.78, 5) is 31.6. The maximum absolute atomic E-state index is 12.9. The van der Waals surface area contributed by atoms with Crippen LogP contribution in [-0.4, -0.2) is 34.4 Å². The third-order valence-corrected chi connectivity index (χ3v) is 6.92. The number of anilines is 1. The fourth-order valence-electron chi connectivity index (χ4n) is 3.39. The predicted octanol–water partition coefficient (Wildman–Crippen LogP) is 6.99. The largest absolute Gasteiger partial charge is 0.350 e. The van der Waals surface area contributed by atoms with Crippen LogP contribution in [0.25, 0.3) is 0 Å². The van der Waals surface area contributed by atoms with E-state index in [4.69, 9.17) is 23.2 Å². The molecule has 186 valence electrons. The average Bonchev–Trinajstić information content (AvgIpc) is 3.28. The minimum absolute atomic E-state index is 0.0461. The molecule has 0 saturated heterocycles. The molecular weight excluding hydrogens is 503 g/mol. The first-order valence-corrected chi connectivity index (χ1v) is 13.1. The van der Waals surface area contributed by atoms with Crippen LogP contribution in [0.4, 0.5) is 10.5 Å². The van der Waals surface area contributed by atoms with E-state index in [1.54, 1.807) is 22.4 Å². The van der Waals surface area contributed by atoms with E-state index in [0.717, 1.165) is 11.3 Å². The van der Waals surface area contributed by atoms with Crippen molar-refractivity contribution in [3.05, 3.63) is 79.7 Å². The topological polar surface area (TPSA) is 74.3 Å². The Hall–Kier alpha value is -2.61. The Bertz CT molecular complexity index is 1160. The van der Waals surface area contributed by atoms with Gasteiger partial charge in [-0.15, -0.1) is 11.3 Å². The molecule has 35 heavy (non-hydrogen) atoms. The third kappa shape index (κ3) is 7.69. The zero-order chi connectivity index (χ0) is 25.5. The number of nitrogens with one attached hydrogen (secondary N) is 2. The van der Waals surface area contributed by atoms with E-state index in [2.05, 4.69) is 29.5 Å². The second-order valence-electron chi connectivity index (χ2n) is 8.80. The summed E-state index contributed by atoms with van der Waals surface area (Å²) < 4.78 is 0. The summed E-state index contributed by atoms with van der Waals surface area (Å²) >= 11 is 13.5. The molecule has 0 fully saturated rings. The van der Waals surface area contributed by atoms with E-state index in [1.165, 1.54) is 16.9 Å². The Kier molecular flexibility index (Phi) is 9.55. The van der Waals surface area contributed by atoms with Crippen LogP contribution in [0, 0.1) is 0 Å². The Morgan fingerprint density at radius 2 is 1.77 bits per heavy atom. The van der Waals surface area contributed by atoms with E-state index in [9.17, 15) is 9.59 Å². The number of halogens is 2. The minimum Gasteiger partial charge on any atom is -0.350 e. The van der Waals surface area contributed by atoms with Gasteiger partial charge in [-0.1, -0.05) is 55.2 Å². The first kappa shape index (κ1) is 27.0. The summed E-state index contributed by atoms with van der Waals surface area (Å²) in [5.74, 6) is 0.168. The van der Waals surface area contributed by atoms with Gasteiger partial charge in [-0.3, -0.25) is 4.79 Å². The van der Waals surface area contributed by atoms with Crippen LogP contribution in [-0.2, 0) is 13.0 Å². The summed E-state index contributed by atoms with van der Waals surface area (Å²) in [6, 6.07) is 12.9. The van der Waals surface area contributed by atoms with Crippen molar-refractivity contribution < 1.29 is 9.59 Å². The number of thiazole rings is 1. The van der Waals surface area contributed by atoms with Gasteiger partial charge in [-0.2, -0.15) is 0 Å². The van der Waals surface area contributed by atoms with E-state index >= 15 is 0 Å². The molecule has 0 radical (unpaired) electrons. The Morgan fingerprint density at radius 1 is 1.06 bits per heavy atom.